The molecule has 1 heterocycles. The van der Waals surface area contributed by atoms with E-state index in [4.69, 9.17) is 4.74 Å². The van der Waals surface area contributed by atoms with Gasteiger partial charge in [-0.25, -0.2) is 4.79 Å². The lowest BCUT2D eigenvalue weighted by Gasteiger charge is -2.37. The second-order valence-electron chi connectivity index (χ2n) is 4.67. The third-order valence-corrected chi connectivity index (χ3v) is 3.58. The normalized spacial score (nSPS) is 22.6. The number of hydrogen-bond acceptors (Lipinski definition) is 3. The molecule has 0 spiro atoms. The van der Waals surface area contributed by atoms with Crippen LogP contribution in [0.15, 0.2) is 18.2 Å². The van der Waals surface area contributed by atoms with Crippen LogP contribution in [0.2, 0.25) is 0 Å². The predicted octanol–water partition coefficient (Wildman–Crippen LogP) is 2.13. The summed E-state index contributed by atoms with van der Waals surface area (Å²) in [6.07, 6.45) is 0.546. The molecule has 0 aliphatic carbocycles. The number of aliphatic hydroxyl groups is 1. The molecule has 2 atom stereocenters. The summed E-state index contributed by atoms with van der Waals surface area (Å²) in [6.45, 7) is 3.92. The lowest BCUT2D eigenvalue weighted by molar-refractivity contribution is 0.128. The molecule has 1 amide bonds. The Hall–Kier alpha value is -1.55. The fourth-order valence-corrected chi connectivity index (χ4v) is 2.41. The van der Waals surface area contributed by atoms with Crippen molar-refractivity contribution in [3.63, 3.8) is 0 Å². The van der Waals surface area contributed by atoms with Crippen LogP contribution in [0, 0.1) is 0 Å². The summed E-state index contributed by atoms with van der Waals surface area (Å²) in [5.74, 6) is 0. The number of hydrogen-bond donors (Lipinski definition) is 1. The number of anilines is 1. The van der Waals surface area contributed by atoms with Gasteiger partial charge in [-0.3, -0.25) is 4.90 Å². The Labute approximate surface area is 107 Å². The van der Waals surface area contributed by atoms with Crippen molar-refractivity contribution in [3.8, 4) is 0 Å². The van der Waals surface area contributed by atoms with Gasteiger partial charge in [-0.05, 0) is 30.5 Å². The molecular weight excluding hydrogens is 230 g/mol. The molecule has 18 heavy (non-hydrogen) atoms. The molecule has 2 rings (SSSR count). The highest BCUT2D eigenvalue weighted by Gasteiger charge is 2.34. The van der Waals surface area contributed by atoms with Crippen molar-refractivity contribution in [2.24, 2.45) is 0 Å². The molecule has 0 saturated heterocycles. The second kappa shape index (κ2) is 4.98. The zero-order chi connectivity index (χ0) is 13.3. The first-order chi connectivity index (χ1) is 8.58. The SMILES string of the molecule is CCc1ccc2c(c1)C[C@@H](O)[C@H](C)N2C(=O)OC. The number of carbonyl (C=O) groups excluding carboxylic acids is 1. The van der Waals surface area contributed by atoms with Crippen LogP contribution >= 0.6 is 0 Å². The number of aliphatic hydroxyl groups excluding tert-OH is 1. The maximum Gasteiger partial charge on any atom is 0.414 e. The van der Waals surface area contributed by atoms with Crippen molar-refractivity contribution < 1.29 is 14.6 Å². The van der Waals surface area contributed by atoms with Crippen molar-refractivity contribution in [3.05, 3.63) is 29.3 Å². The van der Waals surface area contributed by atoms with Crippen molar-refractivity contribution in [2.45, 2.75) is 38.8 Å². The summed E-state index contributed by atoms with van der Waals surface area (Å²) in [4.78, 5) is 13.4. The quantitative estimate of drug-likeness (QED) is 0.829. The number of amides is 1. The summed E-state index contributed by atoms with van der Waals surface area (Å²) in [7, 11) is 1.36. The average Bonchev–Trinajstić information content (AvgIpc) is 2.39. The molecule has 1 N–H and O–H groups in total. The van der Waals surface area contributed by atoms with Gasteiger partial charge in [-0.15, -0.1) is 0 Å². The highest BCUT2D eigenvalue weighted by Crippen LogP contribution is 2.32. The van der Waals surface area contributed by atoms with E-state index in [1.807, 2.05) is 19.1 Å². The minimum atomic E-state index is -0.552. The highest BCUT2D eigenvalue weighted by atomic mass is 16.5. The molecule has 0 unspecified atom stereocenters. The Morgan fingerprint density at radius 1 is 1.56 bits per heavy atom. The molecule has 1 aromatic rings. The average molecular weight is 249 g/mol. The number of carbonyl (C=O) groups is 1. The van der Waals surface area contributed by atoms with Crippen molar-refractivity contribution >= 4 is 11.8 Å². The summed E-state index contributed by atoms with van der Waals surface area (Å²) in [5, 5.41) is 10.1. The van der Waals surface area contributed by atoms with Crippen molar-refractivity contribution in [2.75, 3.05) is 12.0 Å². The highest BCUT2D eigenvalue weighted by molar-refractivity contribution is 5.90. The number of ether oxygens (including phenoxy) is 1. The Kier molecular flexibility index (Phi) is 3.57. The van der Waals surface area contributed by atoms with Crippen LogP contribution < -0.4 is 4.90 Å². The maximum atomic E-state index is 11.8. The first kappa shape index (κ1) is 12.9. The first-order valence-electron chi connectivity index (χ1n) is 6.25. The third kappa shape index (κ3) is 2.08. The second-order valence-corrected chi connectivity index (χ2v) is 4.67. The van der Waals surface area contributed by atoms with Crippen LogP contribution in [0.1, 0.15) is 25.0 Å². The Balaban J connectivity index is 2.46. The predicted molar refractivity (Wildman–Crippen MR) is 69.9 cm³/mol. The largest absolute Gasteiger partial charge is 0.452 e. The van der Waals surface area contributed by atoms with E-state index in [0.29, 0.717) is 6.42 Å². The van der Waals surface area contributed by atoms with Gasteiger partial charge in [0.2, 0.25) is 0 Å². The number of nitrogens with zero attached hydrogens (tertiary/aromatic N) is 1. The molecular formula is C14H19NO3. The Morgan fingerprint density at radius 3 is 2.89 bits per heavy atom. The Morgan fingerprint density at radius 2 is 2.28 bits per heavy atom. The molecule has 1 aromatic carbocycles. The minimum Gasteiger partial charge on any atom is -0.452 e. The van der Waals surface area contributed by atoms with E-state index in [0.717, 1.165) is 17.7 Å². The van der Waals surface area contributed by atoms with Gasteiger partial charge < -0.3 is 9.84 Å². The number of aryl methyl sites for hydroxylation is 1. The number of rotatable bonds is 1. The lowest BCUT2D eigenvalue weighted by atomic mass is 9.92. The summed E-state index contributed by atoms with van der Waals surface area (Å²) >= 11 is 0. The van der Waals surface area contributed by atoms with Crippen molar-refractivity contribution in [1.82, 2.24) is 0 Å². The smallest absolute Gasteiger partial charge is 0.414 e. The number of benzene rings is 1. The summed E-state index contributed by atoms with van der Waals surface area (Å²) in [6, 6.07) is 5.74. The molecule has 0 aromatic heterocycles. The van der Waals surface area contributed by atoms with Crippen LogP contribution in [0.4, 0.5) is 10.5 Å². The molecule has 98 valence electrons. The fourth-order valence-electron chi connectivity index (χ4n) is 2.41. The monoisotopic (exact) mass is 249 g/mol. The van der Waals surface area contributed by atoms with Crippen molar-refractivity contribution in [1.29, 1.82) is 0 Å². The van der Waals surface area contributed by atoms with E-state index in [1.165, 1.54) is 17.6 Å². The minimum absolute atomic E-state index is 0.266. The molecule has 4 nitrogen and oxygen atoms in total. The van der Waals surface area contributed by atoms with Gasteiger partial charge in [-0.1, -0.05) is 19.1 Å². The zero-order valence-electron chi connectivity index (χ0n) is 11.0. The van der Waals surface area contributed by atoms with Crippen LogP contribution in [-0.2, 0) is 17.6 Å². The lowest BCUT2D eigenvalue weighted by Crippen LogP contribution is -2.49. The third-order valence-electron chi connectivity index (χ3n) is 3.58. The van der Waals surface area contributed by atoms with Gasteiger partial charge in [0.05, 0.1) is 24.9 Å². The van der Waals surface area contributed by atoms with E-state index in [2.05, 4.69) is 13.0 Å². The van der Waals surface area contributed by atoms with Gasteiger partial charge in [0, 0.05) is 6.42 Å². The first-order valence-corrected chi connectivity index (χ1v) is 6.25. The number of methoxy groups -OCH3 is 1. The van der Waals surface area contributed by atoms with Crippen LogP contribution in [0.3, 0.4) is 0 Å². The van der Waals surface area contributed by atoms with Crippen LogP contribution in [0.25, 0.3) is 0 Å². The topological polar surface area (TPSA) is 49.8 Å². The van der Waals surface area contributed by atoms with Gasteiger partial charge >= 0.3 is 6.09 Å². The summed E-state index contributed by atoms with van der Waals surface area (Å²) in [5.41, 5.74) is 3.06. The van der Waals surface area contributed by atoms with Gasteiger partial charge in [0.25, 0.3) is 0 Å². The van der Waals surface area contributed by atoms with E-state index in [-0.39, 0.29) is 6.04 Å². The maximum absolute atomic E-state index is 11.8. The van der Waals surface area contributed by atoms with Crippen LogP contribution in [0.5, 0.6) is 0 Å². The van der Waals surface area contributed by atoms with E-state index in [1.54, 1.807) is 0 Å². The van der Waals surface area contributed by atoms with E-state index in [9.17, 15) is 9.90 Å². The molecule has 1 aliphatic heterocycles. The van der Waals surface area contributed by atoms with Gasteiger partial charge in [0.1, 0.15) is 0 Å². The zero-order valence-corrected chi connectivity index (χ0v) is 11.0. The molecule has 1 aliphatic rings. The molecule has 0 radical (unpaired) electrons. The molecule has 0 bridgehead atoms. The van der Waals surface area contributed by atoms with E-state index >= 15 is 0 Å². The molecule has 4 heteroatoms. The molecule has 0 fully saturated rings. The van der Waals surface area contributed by atoms with Crippen LogP contribution in [-0.4, -0.2) is 30.5 Å². The molecule has 0 saturated carbocycles. The number of fused-ring (bicyclic) bond motifs is 1. The Bertz CT molecular complexity index is 458. The standard InChI is InChI=1S/C14H19NO3/c1-4-10-5-6-12-11(7-10)8-13(16)9(2)15(12)14(17)18-3/h5-7,9,13,16H,4,8H2,1-3H3/t9-,13+/m0/s1. The summed E-state index contributed by atoms with van der Waals surface area (Å²) < 4.78 is 4.80. The van der Waals surface area contributed by atoms with Gasteiger partial charge in [0.15, 0.2) is 0 Å². The van der Waals surface area contributed by atoms with Gasteiger partial charge in [-0.2, -0.15) is 0 Å². The fraction of sp³-hybridized carbons (Fsp3) is 0.500. The van der Waals surface area contributed by atoms with E-state index < -0.39 is 12.2 Å².